The van der Waals surface area contributed by atoms with E-state index in [1.165, 1.54) is 0 Å². The Kier molecular flexibility index (Phi) is 6.76. The topological polar surface area (TPSA) is 89.6 Å². The van der Waals surface area contributed by atoms with Gasteiger partial charge in [0.1, 0.15) is 18.1 Å². The number of ether oxygens (including phenoxy) is 2. The molecule has 0 aliphatic carbocycles. The van der Waals surface area contributed by atoms with Crippen LogP contribution in [0.5, 0.6) is 5.75 Å². The molecule has 2 amide bonds. The third-order valence-corrected chi connectivity index (χ3v) is 4.33. The van der Waals surface area contributed by atoms with Crippen molar-refractivity contribution in [2.24, 2.45) is 0 Å². The maximum atomic E-state index is 12.7. The maximum absolute atomic E-state index is 12.7. The number of nitrogens with zero attached hydrogens (tertiary/aromatic N) is 1. The van der Waals surface area contributed by atoms with E-state index in [2.05, 4.69) is 15.6 Å². The highest BCUT2D eigenvalue weighted by atomic mass is 16.5. The van der Waals surface area contributed by atoms with Crippen LogP contribution in [0.1, 0.15) is 26.4 Å². The lowest BCUT2D eigenvalue weighted by molar-refractivity contribution is 0.0944. The number of carbonyl (C=O) groups is 2. The van der Waals surface area contributed by atoms with E-state index in [0.717, 1.165) is 10.9 Å². The van der Waals surface area contributed by atoms with E-state index in [0.29, 0.717) is 30.0 Å². The third kappa shape index (κ3) is 5.08. The summed E-state index contributed by atoms with van der Waals surface area (Å²) in [6.45, 7) is 1.09. The zero-order chi connectivity index (χ0) is 20.6. The summed E-state index contributed by atoms with van der Waals surface area (Å²) in [6, 6.07) is 16.2. The van der Waals surface area contributed by atoms with Crippen LogP contribution < -0.4 is 15.4 Å². The number of hydrogen-bond donors (Lipinski definition) is 2. The minimum absolute atomic E-state index is 0.174. The molecule has 3 aromatic rings. The van der Waals surface area contributed by atoms with Crippen molar-refractivity contribution in [2.45, 2.75) is 6.54 Å². The van der Waals surface area contributed by atoms with Gasteiger partial charge in [-0.15, -0.1) is 0 Å². The average molecular weight is 393 g/mol. The molecule has 3 rings (SSSR count). The van der Waals surface area contributed by atoms with E-state index >= 15 is 0 Å². The van der Waals surface area contributed by atoms with E-state index < -0.39 is 0 Å². The third-order valence-electron chi connectivity index (χ3n) is 4.33. The van der Waals surface area contributed by atoms with Gasteiger partial charge in [-0.3, -0.25) is 9.59 Å². The fraction of sp³-hybridized carbons (Fsp3) is 0.227. The SMILES string of the molecule is CNC(=O)c1cccc(CNC(=O)c2cc(OCCOC)c3ccccc3n2)c1. The summed E-state index contributed by atoms with van der Waals surface area (Å²) in [5, 5.41) is 6.26. The molecule has 1 aromatic heterocycles. The highest BCUT2D eigenvalue weighted by Crippen LogP contribution is 2.25. The van der Waals surface area contributed by atoms with Gasteiger partial charge in [0.15, 0.2) is 0 Å². The number of carbonyl (C=O) groups excluding carboxylic acids is 2. The van der Waals surface area contributed by atoms with Gasteiger partial charge in [-0.25, -0.2) is 4.98 Å². The van der Waals surface area contributed by atoms with Crippen LogP contribution in [0.25, 0.3) is 10.9 Å². The molecule has 0 unspecified atom stereocenters. The van der Waals surface area contributed by atoms with E-state index in [1.54, 1.807) is 38.4 Å². The standard InChI is InChI=1S/C22H23N3O4/c1-23-21(26)16-7-5-6-15(12-16)14-24-22(27)19-13-20(29-11-10-28-2)17-8-3-4-9-18(17)25-19/h3-9,12-13H,10-11,14H2,1-2H3,(H,23,26)(H,24,27). The predicted molar refractivity (Wildman–Crippen MR) is 110 cm³/mol. The van der Waals surface area contributed by atoms with Crippen molar-refractivity contribution in [3.63, 3.8) is 0 Å². The highest BCUT2D eigenvalue weighted by Gasteiger charge is 2.13. The lowest BCUT2D eigenvalue weighted by atomic mass is 10.1. The molecule has 150 valence electrons. The Labute approximate surface area is 169 Å². The van der Waals surface area contributed by atoms with Crippen LogP contribution in [-0.2, 0) is 11.3 Å². The van der Waals surface area contributed by atoms with Gasteiger partial charge >= 0.3 is 0 Å². The molecule has 7 nitrogen and oxygen atoms in total. The van der Waals surface area contributed by atoms with Crippen LogP contribution in [0.4, 0.5) is 0 Å². The van der Waals surface area contributed by atoms with Crippen molar-refractivity contribution in [2.75, 3.05) is 27.4 Å². The fourth-order valence-corrected chi connectivity index (χ4v) is 2.85. The predicted octanol–water partition coefficient (Wildman–Crippen LogP) is 2.55. The van der Waals surface area contributed by atoms with Crippen LogP contribution in [0.15, 0.2) is 54.6 Å². The fourth-order valence-electron chi connectivity index (χ4n) is 2.85. The van der Waals surface area contributed by atoms with E-state index in [-0.39, 0.29) is 24.1 Å². The molecule has 0 bridgehead atoms. The summed E-state index contributed by atoms with van der Waals surface area (Å²) < 4.78 is 10.8. The number of aromatic nitrogens is 1. The molecule has 0 fully saturated rings. The van der Waals surface area contributed by atoms with Crippen molar-refractivity contribution in [1.29, 1.82) is 0 Å². The van der Waals surface area contributed by atoms with Gasteiger partial charge in [0, 0.05) is 37.7 Å². The first-order valence-electron chi connectivity index (χ1n) is 9.23. The number of rotatable bonds is 8. The first kappa shape index (κ1) is 20.3. The summed E-state index contributed by atoms with van der Waals surface area (Å²) >= 11 is 0. The molecule has 1 heterocycles. The number of amides is 2. The lowest BCUT2D eigenvalue weighted by Crippen LogP contribution is -2.24. The zero-order valence-corrected chi connectivity index (χ0v) is 16.4. The smallest absolute Gasteiger partial charge is 0.270 e. The molecule has 29 heavy (non-hydrogen) atoms. The first-order valence-corrected chi connectivity index (χ1v) is 9.23. The number of methoxy groups -OCH3 is 1. The second-order valence-electron chi connectivity index (χ2n) is 6.33. The molecule has 0 aliphatic heterocycles. The molecule has 0 saturated heterocycles. The van der Waals surface area contributed by atoms with Gasteiger partial charge in [-0.05, 0) is 29.8 Å². The Balaban J connectivity index is 1.77. The van der Waals surface area contributed by atoms with Crippen LogP contribution in [0.3, 0.4) is 0 Å². The molecule has 2 aromatic carbocycles. The van der Waals surface area contributed by atoms with Crippen LogP contribution in [0.2, 0.25) is 0 Å². The maximum Gasteiger partial charge on any atom is 0.270 e. The second kappa shape index (κ2) is 9.66. The molecule has 0 radical (unpaired) electrons. The summed E-state index contributed by atoms with van der Waals surface area (Å²) in [7, 11) is 3.18. The Bertz CT molecular complexity index is 1020. The van der Waals surface area contributed by atoms with Gasteiger partial charge in [0.05, 0.1) is 12.1 Å². The molecule has 0 spiro atoms. The summed E-state index contributed by atoms with van der Waals surface area (Å²) in [4.78, 5) is 28.9. The van der Waals surface area contributed by atoms with Crippen molar-refractivity contribution in [3.8, 4) is 5.75 Å². The largest absolute Gasteiger partial charge is 0.490 e. The molecule has 0 atom stereocenters. The summed E-state index contributed by atoms with van der Waals surface area (Å²) in [5.74, 6) is 0.0873. The van der Waals surface area contributed by atoms with E-state index in [1.807, 2.05) is 30.3 Å². The Morgan fingerprint density at radius 1 is 1.00 bits per heavy atom. The van der Waals surface area contributed by atoms with Crippen molar-refractivity contribution >= 4 is 22.7 Å². The molecule has 2 N–H and O–H groups in total. The molecule has 0 aliphatic rings. The minimum atomic E-state index is -0.322. The molecule has 7 heteroatoms. The first-order chi connectivity index (χ1) is 14.1. The van der Waals surface area contributed by atoms with E-state index in [4.69, 9.17) is 9.47 Å². The number of benzene rings is 2. The van der Waals surface area contributed by atoms with Gasteiger partial charge in [-0.1, -0.05) is 24.3 Å². The minimum Gasteiger partial charge on any atom is -0.490 e. The van der Waals surface area contributed by atoms with Crippen LogP contribution in [0, 0.1) is 0 Å². The number of para-hydroxylation sites is 1. The number of fused-ring (bicyclic) bond motifs is 1. The Hall–Kier alpha value is -3.45. The average Bonchev–Trinajstić information content (AvgIpc) is 2.77. The number of pyridine rings is 1. The number of hydrogen-bond acceptors (Lipinski definition) is 5. The molecular formula is C22H23N3O4. The lowest BCUT2D eigenvalue weighted by Gasteiger charge is -2.12. The summed E-state index contributed by atoms with van der Waals surface area (Å²) in [6.07, 6.45) is 0. The monoisotopic (exact) mass is 393 g/mol. The molecular weight excluding hydrogens is 370 g/mol. The zero-order valence-electron chi connectivity index (χ0n) is 16.4. The van der Waals surface area contributed by atoms with Crippen molar-refractivity contribution < 1.29 is 19.1 Å². The van der Waals surface area contributed by atoms with Crippen molar-refractivity contribution in [3.05, 3.63) is 71.4 Å². The molecule has 0 saturated carbocycles. The quantitative estimate of drug-likeness (QED) is 0.574. The van der Waals surface area contributed by atoms with Crippen molar-refractivity contribution in [1.82, 2.24) is 15.6 Å². The van der Waals surface area contributed by atoms with Gasteiger partial charge in [0.2, 0.25) is 0 Å². The van der Waals surface area contributed by atoms with Gasteiger partial charge in [0.25, 0.3) is 11.8 Å². The normalized spacial score (nSPS) is 10.6. The number of nitrogens with one attached hydrogen (secondary N) is 2. The Morgan fingerprint density at radius 2 is 1.83 bits per heavy atom. The second-order valence-corrected chi connectivity index (χ2v) is 6.33. The summed E-state index contributed by atoms with van der Waals surface area (Å²) in [5.41, 5.74) is 2.29. The van der Waals surface area contributed by atoms with Gasteiger partial charge in [-0.2, -0.15) is 0 Å². The highest BCUT2D eigenvalue weighted by molar-refractivity contribution is 5.97. The Morgan fingerprint density at radius 3 is 2.62 bits per heavy atom. The van der Waals surface area contributed by atoms with Crippen LogP contribution in [-0.4, -0.2) is 44.2 Å². The van der Waals surface area contributed by atoms with E-state index in [9.17, 15) is 9.59 Å². The van der Waals surface area contributed by atoms with Gasteiger partial charge < -0.3 is 20.1 Å². The van der Waals surface area contributed by atoms with Crippen LogP contribution >= 0.6 is 0 Å².